The van der Waals surface area contributed by atoms with Gasteiger partial charge in [-0.3, -0.25) is 33.6 Å². The van der Waals surface area contributed by atoms with Crippen LogP contribution in [0, 0.1) is 0 Å². The summed E-state index contributed by atoms with van der Waals surface area (Å²) in [5, 5.41) is 6.30. The number of hydrogen-bond donors (Lipinski definition) is 2. The SMILES string of the molecule is O=C(CCOc1cccc(P(Cc2ccccc2)C(=O)c2ccccc2)c1)Nc1ccc(NC(=O)CCOc2cccc(P(=O)(C(=O)c3ccccc3)C(=O)c3ccccc3)c2)c2c1C(=O)c1ccccc1C2=O. The fourth-order valence-electron chi connectivity index (χ4n) is 8.52. The molecule has 0 spiro atoms. The zero-order valence-electron chi connectivity index (χ0n) is 39.6. The van der Waals surface area contributed by atoms with E-state index in [1.807, 2.05) is 78.9 Å². The van der Waals surface area contributed by atoms with Crippen LogP contribution in [0.25, 0.3) is 0 Å². The molecule has 0 aromatic heterocycles. The van der Waals surface area contributed by atoms with E-state index in [1.165, 1.54) is 66.7 Å². The largest absolute Gasteiger partial charge is 0.493 e. The highest BCUT2D eigenvalue weighted by atomic mass is 31.2. The molecule has 0 heterocycles. The maximum atomic E-state index is 14.8. The standard InChI is InChI=1S/C60H46N2O10P2/c63-52(33-35-71-44-25-15-27-46(37-44)73(39-40-17-5-1-6-18-40)58(67)41-19-7-2-8-20-41)61-50-31-32-51(55-54(50)56(65)48-29-13-14-30-49(48)57(55)66)62-53(64)34-36-72-45-26-16-28-47(38-45)74(70,59(68)42-21-9-3-10-22-42)60(69)43-23-11-4-12-24-43/h1-32,37-38H,33-36,39H2,(H,61,63)(H,62,64). The molecule has 14 heteroatoms. The number of fused-ring (bicyclic) bond motifs is 2. The Morgan fingerprint density at radius 3 is 1.39 bits per heavy atom. The van der Waals surface area contributed by atoms with Crippen molar-refractivity contribution in [3.8, 4) is 11.5 Å². The minimum Gasteiger partial charge on any atom is -0.493 e. The molecule has 0 radical (unpaired) electrons. The molecule has 8 aromatic carbocycles. The van der Waals surface area contributed by atoms with Crippen LogP contribution in [0.2, 0.25) is 0 Å². The summed E-state index contributed by atoms with van der Waals surface area (Å²) >= 11 is 0. The number of nitrogens with one attached hydrogen (secondary N) is 2. The van der Waals surface area contributed by atoms with Crippen molar-refractivity contribution in [2.24, 2.45) is 0 Å². The molecule has 1 unspecified atom stereocenters. The summed E-state index contributed by atoms with van der Waals surface area (Å²) in [6, 6.07) is 57.2. The predicted molar refractivity (Wildman–Crippen MR) is 286 cm³/mol. The molecule has 1 aliphatic rings. The molecule has 0 saturated heterocycles. The van der Waals surface area contributed by atoms with Crippen LogP contribution in [-0.4, -0.2) is 53.2 Å². The van der Waals surface area contributed by atoms with Crippen molar-refractivity contribution in [1.29, 1.82) is 0 Å². The van der Waals surface area contributed by atoms with Crippen LogP contribution in [-0.2, 0) is 20.3 Å². The molecular formula is C60H46N2O10P2. The van der Waals surface area contributed by atoms with Gasteiger partial charge in [0.1, 0.15) is 11.5 Å². The normalized spacial score (nSPS) is 12.1. The van der Waals surface area contributed by atoms with Crippen LogP contribution in [0.5, 0.6) is 11.5 Å². The second kappa shape index (κ2) is 22.8. The summed E-state index contributed by atoms with van der Waals surface area (Å²) in [5.74, 6) is -1.52. The molecule has 9 rings (SSSR count). The van der Waals surface area contributed by atoms with Gasteiger partial charge in [0.25, 0.3) is 0 Å². The fraction of sp³-hybridized carbons (Fsp3) is 0.0833. The quantitative estimate of drug-likeness (QED) is 0.0698. The number of rotatable bonds is 20. The summed E-state index contributed by atoms with van der Waals surface area (Å²) in [6.07, 6.45) is 0.150. The summed E-state index contributed by atoms with van der Waals surface area (Å²) in [5.41, 5.74) is 0.434. The number of carbonyl (C=O) groups is 7. The van der Waals surface area contributed by atoms with E-state index in [2.05, 4.69) is 10.6 Å². The lowest BCUT2D eigenvalue weighted by atomic mass is 9.82. The molecule has 12 nitrogen and oxygen atoms in total. The Morgan fingerprint density at radius 1 is 0.459 bits per heavy atom. The van der Waals surface area contributed by atoms with Crippen LogP contribution < -0.4 is 30.7 Å². The Hall–Kier alpha value is -8.69. The monoisotopic (exact) mass is 1020 g/mol. The maximum Gasteiger partial charge on any atom is 0.248 e. The molecule has 1 atom stereocenters. The molecule has 8 aromatic rings. The van der Waals surface area contributed by atoms with Crippen molar-refractivity contribution in [2.45, 2.75) is 19.0 Å². The minimum absolute atomic E-state index is 0.0293. The molecule has 0 aliphatic heterocycles. The van der Waals surface area contributed by atoms with E-state index in [9.17, 15) is 38.1 Å². The number of anilines is 2. The van der Waals surface area contributed by atoms with Gasteiger partial charge in [-0.25, -0.2) is 0 Å². The van der Waals surface area contributed by atoms with Crippen LogP contribution in [0.1, 0.15) is 81.3 Å². The van der Waals surface area contributed by atoms with Crippen molar-refractivity contribution in [3.05, 3.63) is 251 Å². The van der Waals surface area contributed by atoms with Gasteiger partial charge in [-0.05, 0) is 47.3 Å². The average Bonchev–Trinajstić information content (AvgIpc) is 3.45. The van der Waals surface area contributed by atoms with Crippen LogP contribution >= 0.6 is 15.1 Å². The Bertz CT molecular complexity index is 3440. The Morgan fingerprint density at radius 2 is 0.892 bits per heavy atom. The van der Waals surface area contributed by atoms with Crippen molar-refractivity contribution < 1.29 is 47.6 Å². The van der Waals surface area contributed by atoms with E-state index < -0.39 is 49.5 Å². The number of ketones is 2. The molecule has 2 amide bonds. The van der Waals surface area contributed by atoms with Gasteiger partial charge in [-0.1, -0.05) is 170 Å². The Kier molecular flexibility index (Phi) is 15.5. The Labute approximate surface area is 427 Å². The van der Waals surface area contributed by atoms with Gasteiger partial charge in [0, 0.05) is 47.2 Å². The van der Waals surface area contributed by atoms with E-state index in [0.29, 0.717) is 17.5 Å². The van der Waals surface area contributed by atoms with E-state index in [1.54, 1.807) is 60.7 Å². The molecule has 366 valence electrons. The molecule has 0 fully saturated rings. The van der Waals surface area contributed by atoms with Crippen LogP contribution in [0.15, 0.2) is 206 Å². The van der Waals surface area contributed by atoms with Crippen molar-refractivity contribution in [3.63, 3.8) is 0 Å². The number of hydrogen-bond acceptors (Lipinski definition) is 10. The maximum absolute atomic E-state index is 14.8. The van der Waals surface area contributed by atoms with Crippen molar-refractivity contribution in [1.82, 2.24) is 0 Å². The molecule has 2 N–H and O–H groups in total. The highest BCUT2D eigenvalue weighted by Crippen LogP contribution is 2.51. The van der Waals surface area contributed by atoms with Crippen molar-refractivity contribution in [2.75, 3.05) is 23.8 Å². The van der Waals surface area contributed by atoms with Gasteiger partial charge in [-0.15, -0.1) is 0 Å². The molecule has 74 heavy (non-hydrogen) atoms. The molecule has 1 aliphatic carbocycles. The zero-order valence-corrected chi connectivity index (χ0v) is 41.4. The van der Waals surface area contributed by atoms with Gasteiger partial charge in [0.05, 0.1) is 48.6 Å². The first-order chi connectivity index (χ1) is 36.0. The topological polar surface area (TPSA) is 179 Å². The van der Waals surface area contributed by atoms with Gasteiger partial charge < -0.3 is 24.7 Å². The average molecular weight is 1020 g/mol. The first kappa shape index (κ1) is 50.3. The fourth-order valence-corrected chi connectivity index (χ4v) is 13.0. The van der Waals surface area contributed by atoms with E-state index in [0.717, 1.165) is 10.9 Å². The first-order valence-corrected chi connectivity index (χ1v) is 26.8. The van der Waals surface area contributed by atoms with Gasteiger partial charge in [-0.2, -0.15) is 0 Å². The van der Waals surface area contributed by atoms with Gasteiger partial charge in [0.2, 0.25) is 30.0 Å². The Balaban J connectivity index is 0.877. The molecular weight excluding hydrogens is 971 g/mol. The number of carbonyl (C=O) groups excluding carboxylic acids is 7. The first-order valence-electron chi connectivity index (χ1n) is 23.6. The highest BCUT2D eigenvalue weighted by Gasteiger charge is 2.43. The van der Waals surface area contributed by atoms with E-state index >= 15 is 0 Å². The van der Waals surface area contributed by atoms with E-state index in [-0.39, 0.29) is 87.4 Å². The lowest BCUT2D eigenvalue weighted by molar-refractivity contribution is -0.117. The van der Waals surface area contributed by atoms with Crippen LogP contribution in [0.3, 0.4) is 0 Å². The third kappa shape index (κ3) is 11.0. The number of ether oxygens (including phenoxy) is 2. The third-order valence-electron chi connectivity index (χ3n) is 12.2. The minimum atomic E-state index is -4.46. The summed E-state index contributed by atoms with van der Waals surface area (Å²) in [4.78, 5) is 97.1. The van der Waals surface area contributed by atoms with Crippen molar-refractivity contribution >= 4 is 77.0 Å². The van der Waals surface area contributed by atoms with Gasteiger partial charge in [0.15, 0.2) is 17.1 Å². The second-order valence-corrected chi connectivity index (χ2v) is 21.7. The summed E-state index contributed by atoms with van der Waals surface area (Å²) in [6.45, 7) is -0.258. The third-order valence-corrected chi connectivity index (χ3v) is 17.2. The summed E-state index contributed by atoms with van der Waals surface area (Å²) in [7, 11) is -5.80. The van der Waals surface area contributed by atoms with Crippen LogP contribution in [0.4, 0.5) is 11.4 Å². The summed E-state index contributed by atoms with van der Waals surface area (Å²) < 4.78 is 26.8. The highest BCUT2D eigenvalue weighted by molar-refractivity contribution is 8.01. The lowest BCUT2D eigenvalue weighted by Crippen LogP contribution is -2.27. The smallest absolute Gasteiger partial charge is 0.248 e. The molecule has 0 bridgehead atoms. The molecule has 0 saturated carbocycles. The predicted octanol–water partition coefficient (Wildman–Crippen LogP) is 11.1. The van der Waals surface area contributed by atoms with E-state index in [4.69, 9.17) is 9.47 Å². The van der Waals surface area contributed by atoms with Gasteiger partial charge >= 0.3 is 0 Å². The number of amides is 2. The zero-order chi connectivity index (χ0) is 51.6. The number of benzene rings is 8. The lowest BCUT2D eigenvalue weighted by Gasteiger charge is -2.23. The second-order valence-electron chi connectivity index (χ2n) is 17.1.